The Morgan fingerprint density at radius 2 is 2.00 bits per heavy atom. The number of rotatable bonds is 4. The number of amides is 1. The molecule has 0 radical (unpaired) electrons. The van der Waals surface area contributed by atoms with E-state index in [0.717, 1.165) is 48.2 Å². The average molecular weight is 311 g/mol. The summed E-state index contributed by atoms with van der Waals surface area (Å²) >= 11 is 0. The first-order valence-corrected chi connectivity index (χ1v) is 8.18. The van der Waals surface area contributed by atoms with Gasteiger partial charge in [-0.05, 0) is 58.3 Å². The lowest BCUT2D eigenvalue weighted by Gasteiger charge is -2.48. The van der Waals surface area contributed by atoms with Crippen molar-refractivity contribution in [2.24, 2.45) is 5.41 Å². The van der Waals surface area contributed by atoms with E-state index < -0.39 is 0 Å². The van der Waals surface area contributed by atoms with Crippen LogP contribution >= 0.6 is 0 Å². The first-order chi connectivity index (χ1) is 10.9. The molecule has 0 bridgehead atoms. The van der Waals surface area contributed by atoms with Crippen molar-refractivity contribution in [1.82, 2.24) is 14.8 Å². The Morgan fingerprint density at radius 1 is 1.26 bits per heavy atom. The molecule has 0 spiro atoms. The topological polar surface area (TPSA) is 36.4 Å². The Balaban J connectivity index is 1.69. The summed E-state index contributed by atoms with van der Waals surface area (Å²) in [4.78, 5) is 21.3. The highest BCUT2D eigenvalue weighted by atomic mass is 16.2. The number of hydrogen-bond acceptors (Lipinski definition) is 3. The van der Waals surface area contributed by atoms with Crippen LogP contribution in [-0.4, -0.2) is 54.4 Å². The minimum atomic E-state index is 0.134. The predicted molar refractivity (Wildman–Crippen MR) is 93.7 cm³/mol. The summed E-state index contributed by atoms with van der Waals surface area (Å²) in [5.74, 6) is 0.134. The highest BCUT2D eigenvalue weighted by Crippen LogP contribution is 2.34. The number of nitrogens with zero attached hydrogens (tertiary/aromatic N) is 3. The molecule has 4 nitrogen and oxygen atoms in total. The first kappa shape index (κ1) is 15.9. The smallest absolute Gasteiger partial charge is 0.253 e. The Bertz CT molecular complexity index is 732. The quantitative estimate of drug-likeness (QED) is 0.871. The molecule has 4 heteroatoms. The van der Waals surface area contributed by atoms with Crippen LogP contribution in [0.25, 0.3) is 10.9 Å². The van der Waals surface area contributed by atoms with E-state index in [9.17, 15) is 4.79 Å². The van der Waals surface area contributed by atoms with Gasteiger partial charge in [0.25, 0.3) is 5.91 Å². The normalized spacial score (nSPS) is 16.7. The zero-order chi connectivity index (χ0) is 16.6. The number of benzene rings is 1. The first-order valence-electron chi connectivity index (χ1n) is 8.18. The fourth-order valence-corrected chi connectivity index (χ4v) is 3.21. The Morgan fingerprint density at radius 3 is 2.70 bits per heavy atom. The Labute approximate surface area is 138 Å². The molecule has 3 rings (SSSR count). The Kier molecular flexibility index (Phi) is 4.11. The van der Waals surface area contributed by atoms with E-state index in [1.165, 1.54) is 0 Å². The summed E-state index contributed by atoms with van der Waals surface area (Å²) in [6, 6.07) is 9.82. The minimum Gasteiger partial charge on any atom is -0.337 e. The van der Waals surface area contributed by atoms with Crippen LogP contribution in [0.5, 0.6) is 0 Å². The Hall–Kier alpha value is -1.94. The molecule has 2 aromatic rings. The van der Waals surface area contributed by atoms with Gasteiger partial charge in [-0.25, -0.2) is 0 Å². The fourth-order valence-electron chi connectivity index (χ4n) is 3.21. The number of aryl methyl sites for hydroxylation is 1. The third kappa shape index (κ3) is 3.37. The molecule has 1 aliphatic heterocycles. The molecule has 0 saturated carbocycles. The van der Waals surface area contributed by atoms with Crippen LogP contribution in [0.15, 0.2) is 30.3 Å². The SMILES string of the molecule is Cc1ccc2cc(C(=O)N3CC(C)(CCN(C)C)C3)ccc2n1. The number of aromatic nitrogens is 1. The summed E-state index contributed by atoms with van der Waals surface area (Å²) in [6.07, 6.45) is 1.13. The van der Waals surface area contributed by atoms with Gasteiger partial charge >= 0.3 is 0 Å². The minimum absolute atomic E-state index is 0.134. The molecule has 1 fully saturated rings. The summed E-state index contributed by atoms with van der Waals surface area (Å²) in [7, 11) is 4.19. The van der Waals surface area contributed by atoms with Crippen molar-refractivity contribution in [3.8, 4) is 0 Å². The van der Waals surface area contributed by atoms with E-state index in [4.69, 9.17) is 0 Å². The zero-order valence-corrected chi connectivity index (χ0v) is 14.5. The van der Waals surface area contributed by atoms with E-state index in [-0.39, 0.29) is 11.3 Å². The van der Waals surface area contributed by atoms with Crippen molar-refractivity contribution in [2.45, 2.75) is 20.3 Å². The van der Waals surface area contributed by atoms with Crippen LogP contribution in [0.4, 0.5) is 0 Å². The average Bonchev–Trinajstić information content (AvgIpc) is 2.49. The van der Waals surface area contributed by atoms with Crippen molar-refractivity contribution in [1.29, 1.82) is 0 Å². The maximum atomic E-state index is 12.7. The monoisotopic (exact) mass is 311 g/mol. The molecule has 1 aliphatic rings. The standard InChI is InChI=1S/C19H25N3O/c1-14-5-6-15-11-16(7-8-17(15)20-14)18(23)22-12-19(2,13-22)9-10-21(3)4/h5-8,11H,9-10,12-13H2,1-4H3. The second-order valence-electron chi connectivity index (χ2n) is 7.39. The van der Waals surface area contributed by atoms with E-state index in [2.05, 4.69) is 30.9 Å². The molecule has 1 aromatic heterocycles. The van der Waals surface area contributed by atoms with Crippen molar-refractivity contribution in [3.05, 3.63) is 41.6 Å². The van der Waals surface area contributed by atoms with Crippen molar-refractivity contribution in [3.63, 3.8) is 0 Å². The van der Waals surface area contributed by atoms with Crippen LogP contribution in [0, 0.1) is 12.3 Å². The second kappa shape index (κ2) is 5.93. The molecule has 0 aliphatic carbocycles. The van der Waals surface area contributed by atoms with Gasteiger partial charge in [-0.15, -0.1) is 0 Å². The van der Waals surface area contributed by atoms with E-state index in [1.807, 2.05) is 42.2 Å². The zero-order valence-electron chi connectivity index (χ0n) is 14.5. The van der Waals surface area contributed by atoms with Gasteiger partial charge in [-0.1, -0.05) is 13.0 Å². The molecule has 1 aromatic carbocycles. The van der Waals surface area contributed by atoms with Crippen molar-refractivity contribution < 1.29 is 4.79 Å². The van der Waals surface area contributed by atoms with E-state index in [1.54, 1.807) is 0 Å². The molecular formula is C19H25N3O. The predicted octanol–water partition coefficient (Wildman–Crippen LogP) is 2.96. The maximum absolute atomic E-state index is 12.7. The number of likely N-dealkylation sites (tertiary alicyclic amines) is 1. The largest absolute Gasteiger partial charge is 0.337 e. The molecule has 1 saturated heterocycles. The van der Waals surface area contributed by atoms with Crippen LogP contribution in [0.3, 0.4) is 0 Å². The summed E-state index contributed by atoms with van der Waals surface area (Å²) in [6.45, 7) is 7.02. The molecule has 0 atom stereocenters. The van der Waals surface area contributed by atoms with Crippen molar-refractivity contribution in [2.75, 3.05) is 33.7 Å². The summed E-state index contributed by atoms with van der Waals surface area (Å²) in [5, 5.41) is 1.03. The fraction of sp³-hybridized carbons (Fsp3) is 0.474. The van der Waals surface area contributed by atoms with Crippen LogP contribution in [0.1, 0.15) is 29.4 Å². The molecular weight excluding hydrogens is 286 g/mol. The van der Waals surface area contributed by atoms with E-state index in [0.29, 0.717) is 0 Å². The second-order valence-corrected chi connectivity index (χ2v) is 7.39. The number of carbonyl (C=O) groups excluding carboxylic acids is 1. The third-order valence-corrected chi connectivity index (χ3v) is 4.67. The molecule has 122 valence electrons. The third-order valence-electron chi connectivity index (χ3n) is 4.67. The van der Waals surface area contributed by atoms with Gasteiger partial charge in [0.1, 0.15) is 0 Å². The molecule has 23 heavy (non-hydrogen) atoms. The van der Waals surface area contributed by atoms with Gasteiger partial charge in [-0.3, -0.25) is 9.78 Å². The van der Waals surface area contributed by atoms with Crippen LogP contribution in [-0.2, 0) is 0 Å². The number of pyridine rings is 1. The maximum Gasteiger partial charge on any atom is 0.253 e. The van der Waals surface area contributed by atoms with Gasteiger partial charge in [0, 0.05) is 35.1 Å². The highest BCUT2D eigenvalue weighted by molar-refractivity contribution is 5.98. The van der Waals surface area contributed by atoms with Gasteiger partial charge in [0.15, 0.2) is 0 Å². The molecule has 2 heterocycles. The number of hydrogen-bond donors (Lipinski definition) is 0. The summed E-state index contributed by atoms with van der Waals surface area (Å²) in [5.41, 5.74) is 2.96. The number of fused-ring (bicyclic) bond motifs is 1. The van der Waals surface area contributed by atoms with E-state index >= 15 is 0 Å². The van der Waals surface area contributed by atoms with Crippen LogP contribution in [0.2, 0.25) is 0 Å². The summed E-state index contributed by atoms with van der Waals surface area (Å²) < 4.78 is 0. The highest BCUT2D eigenvalue weighted by Gasteiger charge is 2.41. The molecule has 1 amide bonds. The van der Waals surface area contributed by atoms with Gasteiger partial charge in [-0.2, -0.15) is 0 Å². The van der Waals surface area contributed by atoms with Gasteiger partial charge < -0.3 is 9.80 Å². The van der Waals surface area contributed by atoms with Crippen LogP contribution < -0.4 is 0 Å². The van der Waals surface area contributed by atoms with Gasteiger partial charge in [0.2, 0.25) is 0 Å². The number of carbonyl (C=O) groups is 1. The molecule has 0 N–H and O–H groups in total. The lowest BCUT2D eigenvalue weighted by Crippen LogP contribution is -2.57. The van der Waals surface area contributed by atoms with Crippen molar-refractivity contribution >= 4 is 16.8 Å². The lowest BCUT2D eigenvalue weighted by atomic mass is 9.78. The lowest BCUT2D eigenvalue weighted by molar-refractivity contribution is 0.00811. The molecule has 0 unspecified atom stereocenters. The van der Waals surface area contributed by atoms with Gasteiger partial charge in [0.05, 0.1) is 5.52 Å².